The number of aromatic nitrogens is 1. The number of likely N-dealkylation sites (tertiary alicyclic amines) is 1. The van der Waals surface area contributed by atoms with Gasteiger partial charge in [0.05, 0.1) is 16.7 Å². The van der Waals surface area contributed by atoms with E-state index in [1.54, 1.807) is 26.2 Å². The largest absolute Gasteiger partial charge is 0.393 e. The van der Waals surface area contributed by atoms with Crippen molar-refractivity contribution in [3.63, 3.8) is 0 Å². The fourth-order valence-corrected chi connectivity index (χ4v) is 13.0. The third-order valence-corrected chi connectivity index (χ3v) is 18.1. The van der Waals surface area contributed by atoms with Crippen molar-refractivity contribution in [2.75, 3.05) is 85.5 Å². The minimum absolute atomic E-state index is 0.155. The first-order chi connectivity index (χ1) is 33.1. The molecule has 3 N–H and O–H groups in total. The molecule has 16 heteroatoms. The second-order valence-corrected chi connectivity index (χ2v) is 23.5. The zero-order valence-electron chi connectivity index (χ0n) is 40.1. The van der Waals surface area contributed by atoms with Gasteiger partial charge in [0.15, 0.2) is 0 Å². The van der Waals surface area contributed by atoms with Crippen LogP contribution in [0.15, 0.2) is 136 Å². The predicted octanol–water partition coefficient (Wildman–Crippen LogP) is 9.91. The summed E-state index contributed by atoms with van der Waals surface area (Å²) in [5.41, 5.74) is 8.14. The second kappa shape index (κ2) is 22.0. The van der Waals surface area contributed by atoms with Crippen LogP contribution in [0.2, 0.25) is 5.02 Å². The molecule has 0 radical (unpaired) electrons. The fourth-order valence-electron chi connectivity index (χ4n) is 9.40. The molecule has 0 amide bonds. The third kappa shape index (κ3) is 11.8. The Morgan fingerprint density at radius 1 is 0.768 bits per heavy atom. The summed E-state index contributed by atoms with van der Waals surface area (Å²) < 4.78 is 61.7. The molecule has 8 rings (SSSR count). The molecule has 366 valence electrons. The highest BCUT2D eigenvalue weighted by atomic mass is 35.5. The zero-order valence-corrected chi connectivity index (χ0v) is 43.3. The molecule has 2 aliphatic heterocycles. The number of benzene rings is 5. The minimum Gasteiger partial charge on any atom is -0.393 e. The third-order valence-electron chi connectivity index (χ3n) is 13.3. The van der Waals surface area contributed by atoms with E-state index in [-0.39, 0.29) is 17.0 Å². The first-order valence-electron chi connectivity index (χ1n) is 23.7. The van der Waals surface area contributed by atoms with E-state index in [4.69, 9.17) is 11.6 Å². The normalized spacial score (nSPS) is 15.7. The standard InChI is InChI=1S/C53H64ClN7O5S3/c1-6-61-39(3)53(69(65,66)57(4)5)51(52(61)40-15-17-42(54)18-16-40)41-11-10-12-46(36-41)60-33-31-59(32-34-60)45-21-19-43(20-22-45)56-68(63,64)49-23-24-50(38(2)35-49)55-44(37-67-48-13-8-7-9-14-48)25-28-58-29-26-47(62)27-30-58/h7-24,35-36,44,47,55-56,62H,6,25-34,37H2,1-5H3/t44-/m1/s1. The van der Waals surface area contributed by atoms with Crippen LogP contribution in [0.25, 0.3) is 22.4 Å². The van der Waals surface area contributed by atoms with Gasteiger partial charge < -0.3 is 29.7 Å². The van der Waals surface area contributed by atoms with E-state index < -0.39 is 20.0 Å². The highest BCUT2D eigenvalue weighted by molar-refractivity contribution is 7.99. The number of anilines is 4. The number of aryl methyl sites for hydroxylation is 1. The first kappa shape index (κ1) is 50.4. The smallest absolute Gasteiger partial charge is 0.261 e. The lowest BCUT2D eigenvalue weighted by Crippen LogP contribution is -2.46. The van der Waals surface area contributed by atoms with Crippen molar-refractivity contribution in [3.05, 3.63) is 138 Å². The molecule has 3 heterocycles. The Bertz CT molecular complexity index is 2920. The molecule has 5 aromatic carbocycles. The lowest BCUT2D eigenvalue weighted by Gasteiger charge is -2.37. The molecule has 0 aliphatic carbocycles. The number of hydrogen-bond acceptors (Lipinski definition) is 10. The summed E-state index contributed by atoms with van der Waals surface area (Å²) in [6.07, 6.45) is 2.33. The fraction of sp³-hybridized carbons (Fsp3) is 0.358. The lowest BCUT2D eigenvalue weighted by molar-refractivity contribution is 0.0817. The highest BCUT2D eigenvalue weighted by Crippen LogP contribution is 2.44. The van der Waals surface area contributed by atoms with E-state index in [1.807, 2.05) is 117 Å². The van der Waals surface area contributed by atoms with Gasteiger partial charge >= 0.3 is 0 Å². The van der Waals surface area contributed by atoms with Gasteiger partial charge in [-0.05, 0) is 136 Å². The Hall–Kier alpha value is -5.00. The van der Waals surface area contributed by atoms with Gasteiger partial charge in [0.25, 0.3) is 10.0 Å². The summed E-state index contributed by atoms with van der Waals surface area (Å²) in [6.45, 7) is 12.1. The average Bonchev–Trinajstić information content (AvgIpc) is 3.66. The Labute approximate surface area is 418 Å². The monoisotopic (exact) mass is 1010 g/mol. The number of sulfonamides is 2. The van der Waals surface area contributed by atoms with Gasteiger partial charge in [-0.1, -0.05) is 54.1 Å². The first-order valence-corrected chi connectivity index (χ1v) is 28.0. The Balaban J connectivity index is 0.919. The van der Waals surface area contributed by atoms with Crippen LogP contribution >= 0.6 is 23.4 Å². The summed E-state index contributed by atoms with van der Waals surface area (Å²) in [5, 5.41) is 14.3. The molecule has 2 fully saturated rings. The maximum atomic E-state index is 14.0. The van der Waals surface area contributed by atoms with Crippen LogP contribution < -0.4 is 19.8 Å². The molecule has 6 aromatic rings. The zero-order chi connectivity index (χ0) is 48.9. The molecule has 1 atom stereocenters. The topological polar surface area (TPSA) is 130 Å². The van der Waals surface area contributed by atoms with Gasteiger partial charge in [0, 0.05) is 122 Å². The van der Waals surface area contributed by atoms with Crippen LogP contribution in [-0.4, -0.2) is 114 Å². The molecule has 0 bridgehead atoms. The van der Waals surface area contributed by atoms with Crippen molar-refractivity contribution in [1.29, 1.82) is 0 Å². The van der Waals surface area contributed by atoms with Crippen molar-refractivity contribution in [2.24, 2.45) is 0 Å². The molecule has 0 spiro atoms. The van der Waals surface area contributed by atoms with Gasteiger partial charge in [-0.2, -0.15) is 0 Å². The molecule has 1 aromatic heterocycles. The quantitative estimate of drug-likeness (QED) is 0.0716. The molecule has 0 saturated carbocycles. The van der Waals surface area contributed by atoms with Crippen molar-refractivity contribution in [2.45, 2.75) is 73.4 Å². The Kier molecular flexibility index (Phi) is 16.0. The molecule has 2 saturated heterocycles. The summed E-state index contributed by atoms with van der Waals surface area (Å²) in [5.74, 6) is 0.858. The van der Waals surface area contributed by atoms with Gasteiger partial charge in [0.1, 0.15) is 4.90 Å². The molecule has 69 heavy (non-hydrogen) atoms. The number of nitrogens with zero attached hydrogens (tertiary/aromatic N) is 5. The molecule has 0 unspecified atom stereocenters. The molecular weight excluding hydrogens is 946 g/mol. The van der Waals surface area contributed by atoms with E-state index in [2.05, 4.69) is 53.6 Å². The maximum absolute atomic E-state index is 14.0. The van der Waals surface area contributed by atoms with E-state index >= 15 is 0 Å². The number of nitrogens with one attached hydrogen (secondary N) is 2. The number of rotatable bonds is 18. The average molecular weight is 1010 g/mol. The van der Waals surface area contributed by atoms with Gasteiger partial charge in [-0.15, -0.1) is 11.8 Å². The molecular formula is C53H64ClN7O5S3. The van der Waals surface area contributed by atoms with Crippen molar-refractivity contribution in [3.8, 4) is 22.4 Å². The molecule has 2 aliphatic rings. The number of halogens is 1. The van der Waals surface area contributed by atoms with Crippen molar-refractivity contribution in [1.82, 2.24) is 13.8 Å². The van der Waals surface area contributed by atoms with Crippen LogP contribution in [0.4, 0.5) is 22.7 Å². The Morgan fingerprint density at radius 2 is 1.43 bits per heavy atom. The van der Waals surface area contributed by atoms with E-state index in [9.17, 15) is 21.9 Å². The molecule has 12 nitrogen and oxygen atoms in total. The number of piperidine rings is 1. The predicted molar refractivity (Wildman–Crippen MR) is 285 cm³/mol. The minimum atomic E-state index is -3.87. The SMILES string of the molecule is CCn1c(C)c(S(=O)(=O)N(C)C)c(-c2cccc(N3CCN(c4ccc(NS(=O)(=O)c5ccc(N[C@H](CCN6CCC(O)CC6)CSc6ccccc6)c(C)c5)cc4)CC3)c2)c1-c1ccc(Cl)cc1. The van der Waals surface area contributed by atoms with E-state index in [0.717, 1.165) is 110 Å². The van der Waals surface area contributed by atoms with Crippen LogP contribution in [0.3, 0.4) is 0 Å². The van der Waals surface area contributed by atoms with Crippen LogP contribution in [0.1, 0.15) is 37.4 Å². The van der Waals surface area contributed by atoms with E-state index in [0.29, 0.717) is 33.4 Å². The summed E-state index contributed by atoms with van der Waals surface area (Å²) in [6, 6.07) is 39.0. The van der Waals surface area contributed by atoms with Gasteiger partial charge in [-0.3, -0.25) is 4.72 Å². The summed E-state index contributed by atoms with van der Waals surface area (Å²) >= 11 is 8.11. The van der Waals surface area contributed by atoms with Gasteiger partial charge in [0.2, 0.25) is 10.0 Å². The number of aliphatic hydroxyl groups excluding tert-OH is 1. The number of aliphatic hydroxyl groups is 1. The summed E-state index contributed by atoms with van der Waals surface area (Å²) in [4.78, 5) is 8.75. The van der Waals surface area contributed by atoms with Crippen LogP contribution in [-0.2, 0) is 26.6 Å². The van der Waals surface area contributed by atoms with Crippen LogP contribution in [0.5, 0.6) is 0 Å². The second-order valence-electron chi connectivity index (χ2n) is 18.2. The number of hydrogen-bond donors (Lipinski definition) is 3. The van der Waals surface area contributed by atoms with Gasteiger partial charge in [-0.25, -0.2) is 21.1 Å². The number of piperazine rings is 1. The summed E-state index contributed by atoms with van der Waals surface area (Å²) in [7, 11) is -4.55. The van der Waals surface area contributed by atoms with Crippen molar-refractivity contribution < 1.29 is 21.9 Å². The maximum Gasteiger partial charge on any atom is 0.261 e. The highest BCUT2D eigenvalue weighted by Gasteiger charge is 2.32. The Morgan fingerprint density at radius 3 is 2.07 bits per heavy atom. The number of thioether (sulfide) groups is 1. The van der Waals surface area contributed by atoms with Crippen molar-refractivity contribution >= 4 is 66.2 Å². The van der Waals surface area contributed by atoms with Crippen LogP contribution in [0, 0.1) is 13.8 Å². The lowest BCUT2D eigenvalue weighted by atomic mass is 10.00. The van der Waals surface area contributed by atoms with E-state index in [1.165, 1.54) is 9.20 Å².